The van der Waals surface area contributed by atoms with Crippen LogP contribution in [0.15, 0.2) is 18.2 Å². The number of nitrogens with one attached hydrogen (secondary N) is 1. The van der Waals surface area contributed by atoms with Crippen LogP contribution in [0.1, 0.15) is 28.8 Å². The van der Waals surface area contributed by atoms with E-state index >= 15 is 0 Å². The van der Waals surface area contributed by atoms with Gasteiger partial charge in [0.2, 0.25) is 0 Å². The first kappa shape index (κ1) is 11.1. The summed E-state index contributed by atoms with van der Waals surface area (Å²) in [5.74, 6) is -0.716. The number of carbonyl (C=O) groups is 1. The van der Waals surface area contributed by atoms with Crippen LogP contribution < -0.4 is 5.32 Å². The molecular formula is C12H14FNO2. The lowest BCUT2D eigenvalue weighted by molar-refractivity contribution is 0.0906. The number of halogens is 1. The van der Waals surface area contributed by atoms with E-state index in [-0.39, 0.29) is 18.3 Å². The molecule has 86 valence electrons. The molecule has 0 aromatic heterocycles. The van der Waals surface area contributed by atoms with Crippen LogP contribution in [-0.4, -0.2) is 23.2 Å². The molecular weight excluding hydrogens is 209 g/mol. The molecule has 0 spiro atoms. The zero-order valence-corrected chi connectivity index (χ0v) is 9.09. The van der Waals surface area contributed by atoms with Gasteiger partial charge in [0.1, 0.15) is 5.82 Å². The van der Waals surface area contributed by atoms with E-state index in [2.05, 4.69) is 5.32 Å². The second-order valence-electron chi connectivity index (χ2n) is 4.36. The third-order valence-electron chi connectivity index (χ3n) is 2.97. The Hall–Kier alpha value is -1.42. The van der Waals surface area contributed by atoms with E-state index in [1.165, 1.54) is 6.07 Å². The molecule has 0 aliphatic heterocycles. The van der Waals surface area contributed by atoms with Crippen molar-refractivity contribution in [3.63, 3.8) is 0 Å². The molecule has 1 aliphatic rings. The lowest BCUT2D eigenvalue weighted by Gasteiger charge is -2.14. The average molecular weight is 223 g/mol. The second kappa shape index (κ2) is 3.87. The summed E-state index contributed by atoms with van der Waals surface area (Å²) >= 11 is 0. The molecule has 3 nitrogen and oxygen atoms in total. The minimum Gasteiger partial charge on any atom is -0.394 e. The first-order valence-electron chi connectivity index (χ1n) is 5.26. The number of rotatable bonds is 3. The SMILES string of the molecule is Cc1ccc(C(=O)NC2(CO)CC2)cc1F. The van der Waals surface area contributed by atoms with Gasteiger partial charge in [0.25, 0.3) is 5.91 Å². The van der Waals surface area contributed by atoms with Crippen LogP contribution in [0.4, 0.5) is 4.39 Å². The summed E-state index contributed by atoms with van der Waals surface area (Å²) in [5.41, 5.74) is 0.348. The largest absolute Gasteiger partial charge is 0.394 e. The molecule has 0 unspecified atom stereocenters. The van der Waals surface area contributed by atoms with Crippen molar-refractivity contribution in [1.82, 2.24) is 5.32 Å². The zero-order chi connectivity index (χ0) is 11.8. The van der Waals surface area contributed by atoms with Crippen molar-refractivity contribution in [2.24, 2.45) is 0 Å². The summed E-state index contributed by atoms with van der Waals surface area (Å²) in [5, 5.41) is 11.8. The minimum atomic E-state index is -0.460. The highest BCUT2D eigenvalue weighted by atomic mass is 19.1. The Labute approximate surface area is 93.3 Å². The number of amides is 1. The molecule has 1 aromatic carbocycles. The topological polar surface area (TPSA) is 49.3 Å². The molecule has 1 aliphatic carbocycles. The van der Waals surface area contributed by atoms with Crippen LogP contribution in [0.25, 0.3) is 0 Å². The van der Waals surface area contributed by atoms with Gasteiger partial charge in [0, 0.05) is 5.56 Å². The monoisotopic (exact) mass is 223 g/mol. The highest BCUT2D eigenvalue weighted by Gasteiger charge is 2.43. The number of benzene rings is 1. The molecule has 1 amide bonds. The average Bonchev–Trinajstić information content (AvgIpc) is 3.02. The van der Waals surface area contributed by atoms with Crippen LogP contribution in [0.3, 0.4) is 0 Å². The Morgan fingerprint density at radius 3 is 2.75 bits per heavy atom. The second-order valence-corrected chi connectivity index (χ2v) is 4.36. The van der Waals surface area contributed by atoms with Gasteiger partial charge in [-0.1, -0.05) is 6.07 Å². The Morgan fingerprint density at radius 2 is 2.25 bits per heavy atom. The molecule has 1 aromatic rings. The van der Waals surface area contributed by atoms with Crippen LogP contribution in [-0.2, 0) is 0 Å². The van der Waals surface area contributed by atoms with Gasteiger partial charge in [-0.25, -0.2) is 4.39 Å². The highest BCUT2D eigenvalue weighted by Crippen LogP contribution is 2.34. The van der Waals surface area contributed by atoms with E-state index in [9.17, 15) is 9.18 Å². The molecule has 1 fully saturated rings. The van der Waals surface area contributed by atoms with Crippen molar-refractivity contribution < 1.29 is 14.3 Å². The summed E-state index contributed by atoms with van der Waals surface area (Å²) in [6, 6.07) is 4.38. The zero-order valence-electron chi connectivity index (χ0n) is 9.09. The first-order valence-corrected chi connectivity index (χ1v) is 5.26. The van der Waals surface area contributed by atoms with Crippen molar-refractivity contribution in [3.8, 4) is 0 Å². The van der Waals surface area contributed by atoms with E-state index in [4.69, 9.17) is 5.11 Å². The van der Waals surface area contributed by atoms with E-state index in [1.807, 2.05) is 0 Å². The van der Waals surface area contributed by atoms with Gasteiger partial charge >= 0.3 is 0 Å². The highest BCUT2D eigenvalue weighted by molar-refractivity contribution is 5.95. The van der Waals surface area contributed by atoms with Crippen LogP contribution in [0, 0.1) is 12.7 Å². The lowest BCUT2D eigenvalue weighted by atomic mass is 10.1. The van der Waals surface area contributed by atoms with Gasteiger partial charge < -0.3 is 10.4 Å². The van der Waals surface area contributed by atoms with Gasteiger partial charge in [0.05, 0.1) is 12.1 Å². The summed E-state index contributed by atoms with van der Waals surface area (Å²) in [7, 11) is 0. The maximum Gasteiger partial charge on any atom is 0.251 e. The quantitative estimate of drug-likeness (QED) is 0.813. The smallest absolute Gasteiger partial charge is 0.251 e. The number of aliphatic hydroxyl groups is 1. The first-order chi connectivity index (χ1) is 7.56. The van der Waals surface area contributed by atoms with Gasteiger partial charge in [-0.2, -0.15) is 0 Å². The van der Waals surface area contributed by atoms with Crippen molar-refractivity contribution >= 4 is 5.91 Å². The minimum absolute atomic E-state index is 0.0624. The molecule has 0 bridgehead atoms. The normalized spacial score (nSPS) is 16.9. The van der Waals surface area contributed by atoms with Crippen LogP contribution in [0.5, 0.6) is 0 Å². The van der Waals surface area contributed by atoms with Gasteiger partial charge in [-0.05, 0) is 37.5 Å². The van der Waals surface area contributed by atoms with Crippen molar-refractivity contribution in [2.75, 3.05) is 6.61 Å². The number of carbonyl (C=O) groups excluding carboxylic acids is 1. The standard InChI is InChI=1S/C12H14FNO2/c1-8-2-3-9(6-10(8)13)11(16)14-12(7-15)4-5-12/h2-3,6,15H,4-5,7H2,1H3,(H,14,16). The van der Waals surface area contributed by atoms with Gasteiger partial charge in [0.15, 0.2) is 0 Å². The van der Waals surface area contributed by atoms with E-state index in [1.54, 1.807) is 19.1 Å². The molecule has 0 heterocycles. The number of aliphatic hydroxyl groups excluding tert-OH is 1. The molecule has 4 heteroatoms. The summed E-state index contributed by atoms with van der Waals surface area (Å²) < 4.78 is 13.2. The maximum absolute atomic E-state index is 13.2. The summed E-state index contributed by atoms with van der Waals surface area (Å²) in [6.45, 7) is 1.58. The van der Waals surface area contributed by atoms with E-state index < -0.39 is 5.54 Å². The molecule has 1 saturated carbocycles. The Morgan fingerprint density at radius 1 is 1.56 bits per heavy atom. The Bertz CT molecular complexity index is 427. The third kappa shape index (κ3) is 2.07. The molecule has 2 rings (SSSR count). The summed E-state index contributed by atoms with van der Waals surface area (Å²) in [6.07, 6.45) is 1.56. The molecule has 2 N–H and O–H groups in total. The van der Waals surface area contributed by atoms with E-state index in [0.717, 1.165) is 12.8 Å². The van der Waals surface area contributed by atoms with Crippen LogP contribution >= 0.6 is 0 Å². The number of hydrogen-bond donors (Lipinski definition) is 2. The Balaban J connectivity index is 2.12. The molecule has 0 atom stereocenters. The van der Waals surface area contributed by atoms with Crippen molar-refractivity contribution in [1.29, 1.82) is 0 Å². The fraction of sp³-hybridized carbons (Fsp3) is 0.417. The number of hydrogen-bond acceptors (Lipinski definition) is 2. The molecule has 0 radical (unpaired) electrons. The Kier molecular flexibility index (Phi) is 2.68. The summed E-state index contributed by atoms with van der Waals surface area (Å²) in [4.78, 5) is 11.7. The fourth-order valence-electron chi connectivity index (χ4n) is 1.52. The molecule has 0 saturated heterocycles. The van der Waals surface area contributed by atoms with Gasteiger partial charge in [-0.3, -0.25) is 4.79 Å². The van der Waals surface area contributed by atoms with Crippen molar-refractivity contribution in [3.05, 3.63) is 35.1 Å². The van der Waals surface area contributed by atoms with Crippen LogP contribution in [0.2, 0.25) is 0 Å². The van der Waals surface area contributed by atoms with Gasteiger partial charge in [-0.15, -0.1) is 0 Å². The fourth-order valence-corrected chi connectivity index (χ4v) is 1.52. The third-order valence-corrected chi connectivity index (χ3v) is 2.97. The van der Waals surface area contributed by atoms with Crippen molar-refractivity contribution in [2.45, 2.75) is 25.3 Å². The predicted octanol–water partition coefficient (Wildman–Crippen LogP) is 1.39. The number of aryl methyl sites for hydroxylation is 1. The predicted molar refractivity (Wildman–Crippen MR) is 57.7 cm³/mol. The maximum atomic E-state index is 13.2. The molecule has 16 heavy (non-hydrogen) atoms. The van der Waals surface area contributed by atoms with E-state index in [0.29, 0.717) is 11.1 Å². The lowest BCUT2D eigenvalue weighted by Crippen LogP contribution is -2.39.